The largest absolute Gasteiger partial charge is 0.348 e. The van der Waals surface area contributed by atoms with Gasteiger partial charge in [-0.05, 0) is 36.8 Å². The molecule has 0 unspecified atom stereocenters. The first-order valence-electron chi connectivity index (χ1n) is 10.1. The van der Waals surface area contributed by atoms with Gasteiger partial charge in [0.2, 0.25) is 5.91 Å². The second-order valence-corrected chi connectivity index (χ2v) is 7.50. The SMILES string of the molecule is Cc1ccc(CNC(=O)c2ccccc2NC(=O)CN2C(=O)c3ccccc3C2=O)cc1. The van der Waals surface area contributed by atoms with Gasteiger partial charge in [0.15, 0.2) is 0 Å². The van der Waals surface area contributed by atoms with E-state index < -0.39 is 24.3 Å². The molecule has 1 aliphatic rings. The normalized spacial score (nSPS) is 12.5. The van der Waals surface area contributed by atoms with Crippen molar-refractivity contribution in [3.63, 3.8) is 0 Å². The molecule has 1 heterocycles. The number of imide groups is 1. The lowest BCUT2D eigenvalue weighted by Gasteiger charge is -2.15. The Morgan fingerprint density at radius 1 is 0.812 bits per heavy atom. The lowest BCUT2D eigenvalue weighted by atomic mass is 10.1. The van der Waals surface area contributed by atoms with Crippen LogP contribution in [-0.2, 0) is 11.3 Å². The molecule has 0 aliphatic carbocycles. The summed E-state index contributed by atoms with van der Waals surface area (Å²) in [6, 6.07) is 20.8. The molecule has 0 atom stereocenters. The van der Waals surface area contributed by atoms with E-state index in [1.807, 2.05) is 31.2 Å². The van der Waals surface area contributed by atoms with Gasteiger partial charge in [-0.1, -0.05) is 54.1 Å². The van der Waals surface area contributed by atoms with Gasteiger partial charge < -0.3 is 10.6 Å². The van der Waals surface area contributed by atoms with Gasteiger partial charge in [-0.25, -0.2) is 0 Å². The van der Waals surface area contributed by atoms with E-state index in [-0.39, 0.29) is 22.6 Å². The average Bonchev–Trinajstić information content (AvgIpc) is 3.04. The van der Waals surface area contributed by atoms with Gasteiger partial charge in [0.05, 0.1) is 22.4 Å². The van der Waals surface area contributed by atoms with Crippen LogP contribution in [0.3, 0.4) is 0 Å². The first-order valence-corrected chi connectivity index (χ1v) is 10.1. The quantitative estimate of drug-likeness (QED) is 0.591. The number of rotatable bonds is 6. The minimum Gasteiger partial charge on any atom is -0.348 e. The molecule has 1 aliphatic heterocycles. The van der Waals surface area contributed by atoms with Crippen LogP contribution in [0.5, 0.6) is 0 Å². The summed E-state index contributed by atoms with van der Waals surface area (Å²) in [7, 11) is 0. The summed E-state index contributed by atoms with van der Waals surface area (Å²) in [4.78, 5) is 51.2. The molecule has 0 aromatic heterocycles. The van der Waals surface area contributed by atoms with Crippen molar-refractivity contribution in [1.29, 1.82) is 0 Å². The highest BCUT2D eigenvalue weighted by Crippen LogP contribution is 2.22. The molecule has 7 heteroatoms. The summed E-state index contributed by atoms with van der Waals surface area (Å²) in [6.07, 6.45) is 0. The Kier molecular flexibility index (Phi) is 5.81. The monoisotopic (exact) mass is 427 g/mol. The van der Waals surface area contributed by atoms with E-state index in [9.17, 15) is 19.2 Å². The van der Waals surface area contributed by atoms with Gasteiger partial charge in [0, 0.05) is 6.54 Å². The Morgan fingerprint density at radius 2 is 1.41 bits per heavy atom. The number of aryl methyl sites for hydroxylation is 1. The van der Waals surface area contributed by atoms with E-state index >= 15 is 0 Å². The molecule has 0 spiro atoms. The van der Waals surface area contributed by atoms with Gasteiger partial charge >= 0.3 is 0 Å². The molecule has 0 saturated carbocycles. The maximum Gasteiger partial charge on any atom is 0.262 e. The van der Waals surface area contributed by atoms with E-state index in [1.54, 1.807) is 48.5 Å². The van der Waals surface area contributed by atoms with Gasteiger partial charge in [-0.3, -0.25) is 24.1 Å². The van der Waals surface area contributed by atoms with Crippen molar-refractivity contribution < 1.29 is 19.2 Å². The van der Waals surface area contributed by atoms with Crippen LogP contribution in [0.15, 0.2) is 72.8 Å². The van der Waals surface area contributed by atoms with E-state index in [0.717, 1.165) is 16.0 Å². The Labute approximate surface area is 185 Å². The number of hydrogen-bond donors (Lipinski definition) is 2. The fourth-order valence-electron chi connectivity index (χ4n) is 3.49. The summed E-state index contributed by atoms with van der Waals surface area (Å²) in [5, 5.41) is 5.48. The van der Waals surface area contributed by atoms with Gasteiger partial charge in [0.25, 0.3) is 17.7 Å². The Balaban J connectivity index is 1.42. The predicted octanol–water partition coefficient (Wildman–Crippen LogP) is 3.16. The van der Waals surface area contributed by atoms with Crippen molar-refractivity contribution in [2.75, 3.05) is 11.9 Å². The summed E-state index contributed by atoms with van der Waals surface area (Å²) in [6.45, 7) is 1.89. The van der Waals surface area contributed by atoms with E-state index in [0.29, 0.717) is 12.2 Å². The molecule has 4 amide bonds. The standard InChI is InChI=1S/C25H21N3O4/c1-16-10-12-17(13-11-16)14-26-23(30)20-8-4-5-9-21(20)27-22(29)15-28-24(31)18-6-2-3-7-19(18)25(28)32/h2-13H,14-15H2,1H3,(H,26,30)(H,27,29). The van der Waals surface area contributed by atoms with Gasteiger partial charge in [-0.15, -0.1) is 0 Å². The number of carbonyl (C=O) groups excluding carboxylic acids is 4. The molecule has 160 valence electrons. The molecular weight excluding hydrogens is 406 g/mol. The first-order chi connectivity index (χ1) is 15.4. The number of anilines is 1. The van der Waals surface area contributed by atoms with Crippen molar-refractivity contribution in [3.05, 3.63) is 101 Å². The maximum absolute atomic E-state index is 12.7. The number of nitrogens with one attached hydrogen (secondary N) is 2. The van der Waals surface area contributed by atoms with Crippen LogP contribution in [0.4, 0.5) is 5.69 Å². The molecule has 3 aromatic rings. The molecule has 32 heavy (non-hydrogen) atoms. The summed E-state index contributed by atoms with van der Waals surface area (Å²) >= 11 is 0. The summed E-state index contributed by atoms with van der Waals surface area (Å²) in [5.41, 5.74) is 3.23. The van der Waals surface area contributed by atoms with Crippen LogP contribution in [0.1, 0.15) is 42.2 Å². The van der Waals surface area contributed by atoms with Crippen molar-refractivity contribution in [3.8, 4) is 0 Å². The fourth-order valence-corrected chi connectivity index (χ4v) is 3.49. The highest BCUT2D eigenvalue weighted by atomic mass is 16.2. The number of carbonyl (C=O) groups is 4. The Hall–Kier alpha value is -4.26. The second-order valence-electron chi connectivity index (χ2n) is 7.50. The van der Waals surface area contributed by atoms with Crippen molar-refractivity contribution in [2.24, 2.45) is 0 Å². The molecule has 4 rings (SSSR count). The third kappa shape index (κ3) is 4.27. The lowest BCUT2D eigenvalue weighted by molar-refractivity contribution is -0.116. The van der Waals surface area contributed by atoms with Crippen molar-refractivity contribution >= 4 is 29.3 Å². The zero-order valence-corrected chi connectivity index (χ0v) is 17.4. The number of benzene rings is 3. The average molecular weight is 427 g/mol. The molecule has 0 radical (unpaired) electrons. The highest BCUT2D eigenvalue weighted by molar-refractivity contribution is 6.22. The third-order valence-corrected chi connectivity index (χ3v) is 5.20. The lowest BCUT2D eigenvalue weighted by Crippen LogP contribution is -2.37. The number of nitrogens with zero attached hydrogens (tertiary/aromatic N) is 1. The predicted molar refractivity (Wildman–Crippen MR) is 119 cm³/mol. The van der Waals surface area contributed by atoms with Crippen LogP contribution < -0.4 is 10.6 Å². The van der Waals surface area contributed by atoms with Crippen molar-refractivity contribution in [1.82, 2.24) is 10.2 Å². The molecule has 7 nitrogen and oxygen atoms in total. The third-order valence-electron chi connectivity index (χ3n) is 5.20. The number of para-hydroxylation sites is 1. The number of fused-ring (bicyclic) bond motifs is 1. The highest BCUT2D eigenvalue weighted by Gasteiger charge is 2.36. The summed E-state index contributed by atoms with van der Waals surface area (Å²) < 4.78 is 0. The minimum absolute atomic E-state index is 0.279. The topological polar surface area (TPSA) is 95.6 Å². The van der Waals surface area contributed by atoms with Crippen molar-refractivity contribution in [2.45, 2.75) is 13.5 Å². The number of hydrogen-bond acceptors (Lipinski definition) is 4. The molecular formula is C25H21N3O4. The first kappa shape index (κ1) is 21.0. The summed E-state index contributed by atoms with van der Waals surface area (Å²) in [5.74, 6) is -1.93. The van der Waals surface area contributed by atoms with Gasteiger partial charge in [-0.2, -0.15) is 0 Å². The molecule has 2 N–H and O–H groups in total. The Bertz CT molecular complexity index is 1180. The fraction of sp³-hybridized carbons (Fsp3) is 0.120. The zero-order chi connectivity index (χ0) is 22.7. The van der Waals surface area contributed by atoms with Crippen LogP contribution in [0, 0.1) is 6.92 Å². The van der Waals surface area contributed by atoms with Gasteiger partial charge in [0.1, 0.15) is 6.54 Å². The zero-order valence-electron chi connectivity index (χ0n) is 17.4. The molecule has 3 aromatic carbocycles. The molecule has 0 fully saturated rings. The maximum atomic E-state index is 12.7. The molecule has 0 bridgehead atoms. The van der Waals surface area contributed by atoms with E-state index in [2.05, 4.69) is 10.6 Å². The smallest absolute Gasteiger partial charge is 0.262 e. The van der Waals surface area contributed by atoms with Crippen LogP contribution in [-0.4, -0.2) is 35.1 Å². The van der Waals surface area contributed by atoms with Crippen LogP contribution in [0.25, 0.3) is 0 Å². The molecule has 0 saturated heterocycles. The van der Waals surface area contributed by atoms with Crippen LogP contribution in [0.2, 0.25) is 0 Å². The number of amides is 4. The second kappa shape index (κ2) is 8.85. The minimum atomic E-state index is -0.571. The van der Waals surface area contributed by atoms with Crippen LogP contribution >= 0.6 is 0 Å². The van der Waals surface area contributed by atoms with E-state index in [1.165, 1.54) is 0 Å². The van der Waals surface area contributed by atoms with E-state index in [4.69, 9.17) is 0 Å². The Morgan fingerprint density at radius 3 is 2.06 bits per heavy atom.